The third-order valence-corrected chi connectivity index (χ3v) is 4.00. The van der Waals surface area contributed by atoms with Crippen LogP contribution in [0.5, 0.6) is 0 Å². The van der Waals surface area contributed by atoms with E-state index in [0.717, 1.165) is 0 Å². The maximum absolute atomic E-state index is 13.9. The fraction of sp³-hybridized carbons (Fsp3) is 0.235. The number of likely N-dealkylation sites (N-methyl/N-ethyl adjacent to an activating group) is 1. The largest absolute Gasteiger partial charge is 0.348 e. The van der Waals surface area contributed by atoms with Gasteiger partial charge in [-0.3, -0.25) is 4.79 Å². The molecule has 1 aliphatic heterocycles. The lowest BCUT2D eigenvalue weighted by Crippen LogP contribution is -2.40. The van der Waals surface area contributed by atoms with Crippen molar-refractivity contribution in [3.05, 3.63) is 54.0 Å². The molecule has 1 saturated heterocycles. The van der Waals surface area contributed by atoms with E-state index < -0.39 is 11.9 Å². The number of anilines is 2. The first-order valence-electron chi connectivity index (χ1n) is 7.27. The summed E-state index contributed by atoms with van der Waals surface area (Å²) in [5, 5.41) is 8.93. The predicted octanol–water partition coefficient (Wildman–Crippen LogP) is 2.33. The number of para-hydroxylation sites is 1. The molecule has 23 heavy (non-hydrogen) atoms. The number of nitrogens with zero attached hydrogens (tertiary/aromatic N) is 4. The Morgan fingerprint density at radius 3 is 2.83 bits per heavy atom. The molecule has 0 aliphatic carbocycles. The van der Waals surface area contributed by atoms with Gasteiger partial charge in [-0.15, -0.1) is 0 Å². The third-order valence-electron chi connectivity index (χ3n) is 4.00. The van der Waals surface area contributed by atoms with E-state index in [1.54, 1.807) is 48.3 Å². The molecule has 0 saturated carbocycles. The molecule has 2 aromatic rings. The number of benzene rings is 1. The van der Waals surface area contributed by atoms with E-state index in [1.807, 2.05) is 6.07 Å². The van der Waals surface area contributed by atoms with Gasteiger partial charge in [0.25, 0.3) is 0 Å². The van der Waals surface area contributed by atoms with E-state index in [-0.39, 0.29) is 5.91 Å². The highest BCUT2D eigenvalue weighted by Gasteiger charge is 2.36. The second-order valence-corrected chi connectivity index (χ2v) is 5.35. The van der Waals surface area contributed by atoms with Crippen LogP contribution in [0.25, 0.3) is 0 Å². The fourth-order valence-electron chi connectivity index (χ4n) is 2.78. The van der Waals surface area contributed by atoms with Gasteiger partial charge >= 0.3 is 0 Å². The maximum atomic E-state index is 13.9. The second kappa shape index (κ2) is 6.05. The minimum atomic E-state index is -0.420. The van der Waals surface area contributed by atoms with E-state index in [1.165, 1.54) is 11.0 Å². The molecule has 116 valence electrons. The molecule has 0 bridgehead atoms. The highest BCUT2D eigenvalue weighted by Crippen LogP contribution is 2.27. The Hall–Kier alpha value is -2.94. The first kappa shape index (κ1) is 15.0. The third kappa shape index (κ3) is 2.73. The number of hydrogen-bond acceptors (Lipinski definition) is 4. The fourth-order valence-corrected chi connectivity index (χ4v) is 2.78. The average Bonchev–Trinajstić information content (AvgIpc) is 2.96. The van der Waals surface area contributed by atoms with Crippen LogP contribution in [0.1, 0.15) is 12.1 Å². The van der Waals surface area contributed by atoms with Crippen molar-refractivity contribution in [1.82, 2.24) is 4.98 Å². The number of hydrogen-bond donors (Lipinski definition) is 0. The molecule has 1 aromatic carbocycles. The van der Waals surface area contributed by atoms with Crippen LogP contribution in [-0.4, -0.2) is 30.5 Å². The molecular formula is C17H15FN4O. The molecule has 1 aromatic heterocycles. The van der Waals surface area contributed by atoms with Crippen molar-refractivity contribution in [3.63, 3.8) is 0 Å². The van der Waals surface area contributed by atoms with E-state index in [4.69, 9.17) is 5.26 Å². The zero-order valence-electron chi connectivity index (χ0n) is 12.6. The summed E-state index contributed by atoms with van der Waals surface area (Å²) in [4.78, 5) is 20.1. The monoisotopic (exact) mass is 310 g/mol. The Morgan fingerprint density at radius 2 is 2.09 bits per heavy atom. The molecule has 0 radical (unpaired) electrons. The summed E-state index contributed by atoms with van der Waals surface area (Å²) in [5.74, 6) is -0.0201. The van der Waals surface area contributed by atoms with Crippen molar-refractivity contribution in [2.45, 2.75) is 12.5 Å². The zero-order valence-corrected chi connectivity index (χ0v) is 12.6. The van der Waals surface area contributed by atoms with Gasteiger partial charge in [0.15, 0.2) is 0 Å². The Bertz CT molecular complexity index is 786. The molecule has 1 aliphatic rings. The summed E-state index contributed by atoms with van der Waals surface area (Å²) in [7, 11) is 1.76. The van der Waals surface area contributed by atoms with Crippen LogP contribution in [0.3, 0.4) is 0 Å². The van der Waals surface area contributed by atoms with E-state index in [2.05, 4.69) is 4.98 Å². The minimum absolute atomic E-state index is 0.165. The Morgan fingerprint density at radius 1 is 1.30 bits per heavy atom. The predicted molar refractivity (Wildman–Crippen MR) is 84.5 cm³/mol. The van der Waals surface area contributed by atoms with Crippen LogP contribution in [0.2, 0.25) is 0 Å². The number of halogens is 1. The number of carbonyl (C=O) groups excluding carboxylic acids is 1. The van der Waals surface area contributed by atoms with Crippen molar-refractivity contribution < 1.29 is 9.18 Å². The van der Waals surface area contributed by atoms with Crippen molar-refractivity contribution in [1.29, 1.82) is 5.26 Å². The molecule has 6 heteroatoms. The summed E-state index contributed by atoms with van der Waals surface area (Å²) in [5.41, 5.74) is 0.595. The molecule has 0 N–H and O–H groups in total. The first-order valence-corrected chi connectivity index (χ1v) is 7.27. The Balaban J connectivity index is 1.84. The van der Waals surface area contributed by atoms with Crippen LogP contribution in [0.15, 0.2) is 42.5 Å². The molecule has 0 spiro atoms. The van der Waals surface area contributed by atoms with Crippen molar-refractivity contribution in [2.24, 2.45) is 0 Å². The van der Waals surface area contributed by atoms with Gasteiger partial charge in [-0.1, -0.05) is 18.2 Å². The molecule has 5 nitrogen and oxygen atoms in total. The molecule has 1 unspecified atom stereocenters. The van der Waals surface area contributed by atoms with Gasteiger partial charge in [0, 0.05) is 13.6 Å². The highest BCUT2D eigenvalue weighted by molar-refractivity contribution is 6.01. The average molecular weight is 310 g/mol. The van der Waals surface area contributed by atoms with Gasteiger partial charge in [-0.25, -0.2) is 9.37 Å². The molecule has 2 heterocycles. The van der Waals surface area contributed by atoms with Crippen LogP contribution in [0, 0.1) is 17.1 Å². The molecule has 3 rings (SSSR count). The van der Waals surface area contributed by atoms with Crippen LogP contribution >= 0.6 is 0 Å². The Kier molecular flexibility index (Phi) is 3.94. The second-order valence-electron chi connectivity index (χ2n) is 5.35. The van der Waals surface area contributed by atoms with E-state index in [0.29, 0.717) is 30.2 Å². The lowest BCUT2D eigenvalue weighted by Gasteiger charge is -2.25. The van der Waals surface area contributed by atoms with Crippen molar-refractivity contribution >= 4 is 17.4 Å². The summed E-state index contributed by atoms with van der Waals surface area (Å²) in [6.45, 7) is 0.451. The Labute approximate surface area is 133 Å². The smallest absolute Gasteiger partial charge is 0.249 e. The van der Waals surface area contributed by atoms with Gasteiger partial charge in [0.05, 0.1) is 5.69 Å². The van der Waals surface area contributed by atoms with Crippen molar-refractivity contribution in [2.75, 3.05) is 23.4 Å². The minimum Gasteiger partial charge on any atom is -0.348 e. The SMILES string of the molecule is CN(c1cccc(C#N)n1)C1CCN(c2ccccc2F)C1=O. The number of amides is 1. The maximum Gasteiger partial charge on any atom is 0.249 e. The number of pyridine rings is 1. The topological polar surface area (TPSA) is 60.2 Å². The van der Waals surface area contributed by atoms with E-state index >= 15 is 0 Å². The lowest BCUT2D eigenvalue weighted by molar-refractivity contribution is -0.118. The lowest BCUT2D eigenvalue weighted by atomic mass is 10.2. The summed E-state index contributed by atoms with van der Waals surface area (Å²) < 4.78 is 13.9. The summed E-state index contributed by atoms with van der Waals surface area (Å²) >= 11 is 0. The number of nitriles is 1. The standard InChI is InChI=1S/C17H15FN4O/c1-21(16-8-4-5-12(11-19)20-16)15-9-10-22(17(15)23)14-7-3-2-6-13(14)18/h2-8,15H,9-10H2,1H3. The highest BCUT2D eigenvalue weighted by atomic mass is 19.1. The number of carbonyl (C=O) groups is 1. The van der Waals surface area contributed by atoms with Crippen LogP contribution in [0.4, 0.5) is 15.9 Å². The van der Waals surface area contributed by atoms with Crippen LogP contribution < -0.4 is 9.80 Å². The van der Waals surface area contributed by atoms with Gasteiger partial charge in [-0.05, 0) is 30.7 Å². The number of aromatic nitrogens is 1. The molecule has 1 fully saturated rings. The van der Waals surface area contributed by atoms with Gasteiger partial charge in [0.1, 0.15) is 29.4 Å². The molecular weight excluding hydrogens is 295 g/mol. The van der Waals surface area contributed by atoms with E-state index in [9.17, 15) is 9.18 Å². The number of rotatable bonds is 3. The first-order chi connectivity index (χ1) is 11.1. The zero-order chi connectivity index (χ0) is 16.4. The quantitative estimate of drug-likeness (QED) is 0.873. The van der Waals surface area contributed by atoms with Gasteiger partial charge in [0.2, 0.25) is 5.91 Å². The van der Waals surface area contributed by atoms with Crippen molar-refractivity contribution in [3.8, 4) is 6.07 Å². The molecule has 1 amide bonds. The summed E-state index contributed by atoms with van der Waals surface area (Å²) in [6.07, 6.45) is 0.572. The van der Waals surface area contributed by atoms with Crippen LogP contribution in [-0.2, 0) is 4.79 Å². The molecule has 1 atom stereocenters. The van der Waals surface area contributed by atoms with Gasteiger partial charge in [-0.2, -0.15) is 5.26 Å². The normalized spacial score (nSPS) is 17.2. The summed E-state index contributed by atoms with van der Waals surface area (Å²) in [6, 6.07) is 12.9. The van der Waals surface area contributed by atoms with Gasteiger partial charge < -0.3 is 9.80 Å².